The monoisotopic (exact) mass is 358 g/mol. The Bertz CT molecular complexity index is 708. The van der Waals surface area contributed by atoms with Crippen LogP contribution in [0.3, 0.4) is 0 Å². The van der Waals surface area contributed by atoms with Crippen LogP contribution in [0.5, 0.6) is 5.75 Å². The van der Waals surface area contributed by atoms with Crippen LogP contribution in [-0.2, 0) is 14.6 Å². The van der Waals surface area contributed by atoms with Crippen LogP contribution in [0.4, 0.5) is 4.39 Å². The lowest BCUT2D eigenvalue weighted by molar-refractivity contribution is -0.123. The van der Waals surface area contributed by atoms with Gasteiger partial charge in [-0.1, -0.05) is 6.07 Å². The fourth-order valence-corrected chi connectivity index (χ4v) is 4.61. The van der Waals surface area contributed by atoms with Gasteiger partial charge in [0.25, 0.3) is 0 Å². The van der Waals surface area contributed by atoms with Crippen LogP contribution < -0.4 is 10.1 Å². The van der Waals surface area contributed by atoms with Crippen LogP contribution >= 0.6 is 0 Å². The van der Waals surface area contributed by atoms with Crippen molar-refractivity contribution in [3.8, 4) is 5.75 Å². The molecule has 0 radical (unpaired) electrons. The first-order valence-corrected chi connectivity index (χ1v) is 9.57. The molecule has 1 fully saturated rings. The molecule has 134 valence electrons. The highest BCUT2D eigenvalue weighted by atomic mass is 32.2. The van der Waals surface area contributed by atoms with Crippen LogP contribution in [-0.4, -0.2) is 57.5 Å². The molecule has 0 bridgehead atoms. The second kappa shape index (κ2) is 7.48. The zero-order chi connectivity index (χ0) is 17.9. The first-order chi connectivity index (χ1) is 11.2. The summed E-state index contributed by atoms with van der Waals surface area (Å²) >= 11 is 0. The van der Waals surface area contributed by atoms with Gasteiger partial charge in [-0.15, -0.1) is 0 Å². The van der Waals surface area contributed by atoms with Crippen molar-refractivity contribution in [2.75, 3.05) is 32.2 Å². The molecule has 1 aromatic carbocycles. The van der Waals surface area contributed by atoms with Crippen LogP contribution in [0.2, 0.25) is 0 Å². The second-order valence-corrected chi connectivity index (χ2v) is 8.38. The Hall–Kier alpha value is -1.67. The average Bonchev–Trinajstić information content (AvgIpc) is 2.87. The summed E-state index contributed by atoms with van der Waals surface area (Å²) in [6.07, 6.45) is 0.547. The van der Waals surface area contributed by atoms with Crippen molar-refractivity contribution >= 4 is 15.7 Å². The summed E-state index contributed by atoms with van der Waals surface area (Å²) in [7, 11) is 0.149. The topological polar surface area (TPSA) is 75.7 Å². The maximum absolute atomic E-state index is 13.7. The predicted molar refractivity (Wildman–Crippen MR) is 89.2 cm³/mol. The minimum Gasteiger partial charge on any atom is -0.494 e. The quantitative estimate of drug-likeness (QED) is 0.825. The van der Waals surface area contributed by atoms with Crippen molar-refractivity contribution in [3.05, 3.63) is 29.6 Å². The number of benzene rings is 1. The van der Waals surface area contributed by atoms with Crippen molar-refractivity contribution in [1.29, 1.82) is 0 Å². The van der Waals surface area contributed by atoms with Crippen molar-refractivity contribution in [1.82, 2.24) is 10.2 Å². The summed E-state index contributed by atoms with van der Waals surface area (Å²) in [5, 5.41) is 2.80. The first-order valence-electron chi connectivity index (χ1n) is 7.75. The maximum atomic E-state index is 13.7. The molecular formula is C16H23FN2O4S. The van der Waals surface area contributed by atoms with Gasteiger partial charge < -0.3 is 10.1 Å². The van der Waals surface area contributed by atoms with E-state index in [1.807, 2.05) is 0 Å². The number of amides is 1. The van der Waals surface area contributed by atoms with Gasteiger partial charge in [0.15, 0.2) is 21.4 Å². The van der Waals surface area contributed by atoms with E-state index in [1.54, 1.807) is 24.9 Å². The van der Waals surface area contributed by atoms with E-state index in [2.05, 4.69) is 5.32 Å². The van der Waals surface area contributed by atoms with Gasteiger partial charge in [0.1, 0.15) is 0 Å². The third kappa shape index (κ3) is 4.67. The van der Waals surface area contributed by atoms with E-state index in [9.17, 15) is 17.6 Å². The number of hydrogen-bond donors (Lipinski definition) is 1. The smallest absolute Gasteiger partial charge is 0.234 e. The van der Waals surface area contributed by atoms with Gasteiger partial charge in [-0.25, -0.2) is 12.8 Å². The van der Waals surface area contributed by atoms with Gasteiger partial charge >= 0.3 is 0 Å². The number of carbonyl (C=O) groups is 1. The minimum absolute atomic E-state index is 0.0933. The lowest BCUT2D eigenvalue weighted by Crippen LogP contribution is -2.41. The third-order valence-corrected chi connectivity index (χ3v) is 6.03. The van der Waals surface area contributed by atoms with Gasteiger partial charge in [0, 0.05) is 6.04 Å². The van der Waals surface area contributed by atoms with Gasteiger partial charge in [0.05, 0.1) is 31.2 Å². The normalized spacial score (nSPS) is 20.8. The third-order valence-electron chi connectivity index (χ3n) is 4.28. The van der Waals surface area contributed by atoms with E-state index >= 15 is 0 Å². The molecule has 0 unspecified atom stereocenters. The van der Waals surface area contributed by atoms with E-state index in [-0.39, 0.29) is 41.8 Å². The van der Waals surface area contributed by atoms with E-state index < -0.39 is 15.7 Å². The number of hydrogen-bond acceptors (Lipinski definition) is 5. The summed E-state index contributed by atoms with van der Waals surface area (Å²) < 4.78 is 41.6. The molecule has 0 spiro atoms. The molecule has 2 rings (SSSR count). The first kappa shape index (κ1) is 18.7. The molecule has 2 atom stereocenters. The second-order valence-electron chi connectivity index (χ2n) is 6.16. The van der Waals surface area contributed by atoms with Crippen LogP contribution in [0.25, 0.3) is 0 Å². The zero-order valence-electron chi connectivity index (χ0n) is 14.1. The highest BCUT2D eigenvalue weighted by molar-refractivity contribution is 7.91. The molecule has 1 aliphatic heterocycles. The maximum Gasteiger partial charge on any atom is 0.234 e. The predicted octanol–water partition coefficient (Wildman–Crippen LogP) is 1.13. The zero-order valence-corrected chi connectivity index (χ0v) is 14.9. The molecule has 1 aromatic rings. The number of ether oxygens (including phenoxy) is 1. The lowest BCUT2D eigenvalue weighted by Gasteiger charge is -2.23. The Balaban J connectivity index is 1.91. The fourth-order valence-electron chi connectivity index (χ4n) is 2.80. The van der Waals surface area contributed by atoms with E-state index in [1.165, 1.54) is 19.2 Å². The number of carbonyl (C=O) groups excluding carboxylic acids is 1. The Morgan fingerprint density at radius 1 is 1.50 bits per heavy atom. The molecule has 0 aliphatic carbocycles. The molecule has 8 heteroatoms. The Kier molecular flexibility index (Phi) is 5.82. The summed E-state index contributed by atoms with van der Waals surface area (Å²) in [5.74, 6) is -0.296. The van der Waals surface area contributed by atoms with Crippen molar-refractivity contribution in [3.63, 3.8) is 0 Å². The highest BCUT2D eigenvalue weighted by Crippen LogP contribution is 2.22. The standard InChI is InChI=1S/C16H23FN2O4S/c1-11(12-4-5-15(23-3)14(17)8-12)18-16(20)9-19(2)13-6-7-24(21,22)10-13/h4-5,8,11,13H,6-7,9-10H2,1-3H3,(H,18,20)/t11-,13+/m1/s1. The minimum atomic E-state index is -2.98. The number of nitrogens with one attached hydrogen (secondary N) is 1. The molecule has 0 saturated carbocycles. The Morgan fingerprint density at radius 2 is 2.21 bits per heavy atom. The van der Waals surface area contributed by atoms with Gasteiger partial charge in [-0.3, -0.25) is 9.69 Å². The van der Waals surface area contributed by atoms with Crippen molar-refractivity contribution < 1.29 is 22.3 Å². The van der Waals surface area contributed by atoms with Gasteiger partial charge in [0.2, 0.25) is 5.91 Å². The summed E-state index contributed by atoms with van der Waals surface area (Å²) in [5.41, 5.74) is 0.632. The molecule has 1 aliphatic rings. The molecule has 1 amide bonds. The Labute approximate surface area is 141 Å². The number of rotatable bonds is 6. The molecular weight excluding hydrogens is 335 g/mol. The number of methoxy groups -OCH3 is 1. The van der Waals surface area contributed by atoms with Crippen molar-refractivity contribution in [2.24, 2.45) is 0 Å². The number of sulfone groups is 1. The fraction of sp³-hybridized carbons (Fsp3) is 0.562. The van der Waals surface area contributed by atoms with Gasteiger partial charge in [-0.2, -0.15) is 0 Å². The largest absolute Gasteiger partial charge is 0.494 e. The number of likely N-dealkylation sites (N-methyl/N-ethyl adjacent to an activating group) is 1. The molecule has 1 saturated heterocycles. The lowest BCUT2D eigenvalue weighted by atomic mass is 10.1. The summed E-state index contributed by atoms with van der Waals surface area (Å²) in [6.45, 7) is 1.86. The van der Waals surface area contributed by atoms with Gasteiger partial charge in [-0.05, 0) is 38.1 Å². The van der Waals surface area contributed by atoms with Crippen LogP contribution in [0, 0.1) is 5.82 Å². The Morgan fingerprint density at radius 3 is 2.75 bits per heavy atom. The molecule has 0 aromatic heterocycles. The molecule has 1 heterocycles. The summed E-state index contributed by atoms with van der Waals surface area (Å²) in [6, 6.07) is 4.05. The summed E-state index contributed by atoms with van der Waals surface area (Å²) in [4.78, 5) is 13.9. The van der Waals surface area contributed by atoms with Crippen molar-refractivity contribution in [2.45, 2.75) is 25.4 Å². The van der Waals surface area contributed by atoms with E-state index in [0.717, 1.165) is 0 Å². The van der Waals surface area contributed by atoms with E-state index in [0.29, 0.717) is 12.0 Å². The average molecular weight is 358 g/mol. The van der Waals surface area contributed by atoms with Crippen LogP contribution in [0.1, 0.15) is 24.9 Å². The number of halogens is 1. The molecule has 24 heavy (non-hydrogen) atoms. The molecule has 6 nitrogen and oxygen atoms in total. The molecule has 1 N–H and O–H groups in total. The highest BCUT2D eigenvalue weighted by Gasteiger charge is 2.31. The van der Waals surface area contributed by atoms with E-state index in [4.69, 9.17) is 4.74 Å². The van der Waals surface area contributed by atoms with Crippen LogP contribution in [0.15, 0.2) is 18.2 Å². The SMILES string of the molecule is COc1ccc([C@@H](C)NC(=O)CN(C)[C@H]2CCS(=O)(=O)C2)cc1F. The number of nitrogens with zero attached hydrogens (tertiary/aromatic N) is 1.